The Bertz CT molecular complexity index is 819. The van der Waals surface area contributed by atoms with Crippen molar-refractivity contribution in [1.29, 1.82) is 0 Å². The van der Waals surface area contributed by atoms with Gasteiger partial charge in [-0.25, -0.2) is 9.97 Å². The van der Waals surface area contributed by atoms with Gasteiger partial charge in [0.15, 0.2) is 0 Å². The van der Waals surface area contributed by atoms with Gasteiger partial charge in [0.1, 0.15) is 11.6 Å². The van der Waals surface area contributed by atoms with Crippen molar-refractivity contribution in [3.8, 4) is 0 Å². The number of nitrogens with zero attached hydrogens (tertiary/aromatic N) is 3. The minimum absolute atomic E-state index is 0.236. The zero-order valence-corrected chi connectivity index (χ0v) is 13.9. The van der Waals surface area contributed by atoms with Gasteiger partial charge in [-0.3, -0.25) is 13.9 Å². The quantitative estimate of drug-likeness (QED) is 0.828. The second-order valence-electron chi connectivity index (χ2n) is 5.25. The van der Waals surface area contributed by atoms with Crippen LogP contribution in [0.25, 0.3) is 0 Å². The number of fused-ring (bicyclic) bond motifs is 1. The highest BCUT2D eigenvalue weighted by atomic mass is 31.0. The molecule has 0 radical (unpaired) electrons. The zero-order valence-electron chi connectivity index (χ0n) is 12.7. The molecule has 2 aromatic heterocycles. The summed E-state index contributed by atoms with van der Waals surface area (Å²) in [7, 11) is 2.41. The van der Waals surface area contributed by atoms with Crippen molar-refractivity contribution in [2.24, 2.45) is 0 Å². The van der Waals surface area contributed by atoms with E-state index in [-0.39, 0.29) is 11.5 Å². The zero-order chi connectivity index (χ0) is 16.4. The topological polar surface area (TPSA) is 86.1 Å². The van der Waals surface area contributed by atoms with Gasteiger partial charge in [0.2, 0.25) is 0 Å². The number of amides is 1. The largest absolute Gasteiger partial charge is 0.381 e. The van der Waals surface area contributed by atoms with E-state index in [1.807, 2.05) is 0 Å². The fourth-order valence-electron chi connectivity index (χ4n) is 2.62. The number of carbonyl (C=O) groups is 1. The molecule has 1 N–H and O–H groups in total. The van der Waals surface area contributed by atoms with Crippen molar-refractivity contribution >= 4 is 21.1 Å². The second kappa shape index (κ2) is 6.56. The SMILES string of the molecule is Cc1nccc(NC(=O)c2cc(=O)n(P)c3c2CCOCC3)n1. The van der Waals surface area contributed by atoms with Gasteiger partial charge in [-0.2, -0.15) is 0 Å². The van der Waals surface area contributed by atoms with E-state index in [1.165, 1.54) is 10.4 Å². The van der Waals surface area contributed by atoms with Crippen LogP contribution in [0.4, 0.5) is 5.82 Å². The number of anilines is 1. The third-order valence-corrected chi connectivity index (χ3v) is 4.28. The number of rotatable bonds is 2. The normalized spacial score (nSPS) is 14.0. The van der Waals surface area contributed by atoms with Crippen LogP contribution in [0.2, 0.25) is 0 Å². The summed E-state index contributed by atoms with van der Waals surface area (Å²) in [5.74, 6) is 0.635. The van der Waals surface area contributed by atoms with E-state index in [9.17, 15) is 9.59 Å². The third-order valence-electron chi connectivity index (χ3n) is 3.71. The number of ether oxygens (including phenoxy) is 1. The van der Waals surface area contributed by atoms with Gasteiger partial charge >= 0.3 is 0 Å². The summed E-state index contributed by atoms with van der Waals surface area (Å²) in [6.07, 6.45) is 2.77. The lowest BCUT2D eigenvalue weighted by molar-refractivity contribution is 0.102. The Morgan fingerprint density at radius 1 is 1.39 bits per heavy atom. The van der Waals surface area contributed by atoms with Crippen LogP contribution >= 0.6 is 9.39 Å². The molecule has 23 heavy (non-hydrogen) atoms. The van der Waals surface area contributed by atoms with E-state index < -0.39 is 0 Å². The van der Waals surface area contributed by atoms with E-state index in [0.717, 1.165) is 11.3 Å². The molecule has 2 aromatic rings. The Labute approximate surface area is 135 Å². The number of nitrogens with one attached hydrogen (secondary N) is 1. The Hall–Kier alpha value is -2.11. The standard InChI is InChI=1S/C15H17N4O3P/c1-9-16-5-2-13(17-9)18-15(21)11-8-14(20)19(23)12-4-7-22-6-3-10(11)12/h2,5,8H,3-4,6-7,23H2,1H3,(H,16,17,18,21). The van der Waals surface area contributed by atoms with Crippen molar-refractivity contribution < 1.29 is 9.53 Å². The summed E-state index contributed by atoms with van der Waals surface area (Å²) in [6.45, 7) is 2.81. The fraction of sp³-hybridized carbons (Fsp3) is 0.333. The van der Waals surface area contributed by atoms with Crippen molar-refractivity contribution in [3.05, 3.63) is 51.3 Å². The minimum atomic E-state index is -0.344. The molecular weight excluding hydrogens is 315 g/mol. The average Bonchev–Trinajstić information content (AvgIpc) is 2.77. The second-order valence-corrected chi connectivity index (χ2v) is 5.76. The van der Waals surface area contributed by atoms with Crippen molar-refractivity contribution in [1.82, 2.24) is 14.3 Å². The molecule has 1 atom stereocenters. The highest BCUT2D eigenvalue weighted by molar-refractivity contribution is 7.14. The Morgan fingerprint density at radius 2 is 2.17 bits per heavy atom. The summed E-state index contributed by atoms with van der Waals surface area (Å²) in [4.78, 5) is 32.9. The van der Waals surface area contributed by atoms with Gasteiger partial charge in [0.25, 0.3) is 11.5 Å². The fourth-order valence-corrected chi connectivity index (χ4v) is 2.98. The Morgan fingerprint density at radius 3 is 2.96 bits per heavy atom. The van der Waals surface area contributed by atoms with Crippen LogP contribution in [0.1, 0.15) is 27.4 Å². The van der Waals surface area contributed by atoms with Crippen LogP contribution in [0.3, 0.4) is 0 Å². The van der Waals surface area contributed by atoms with Gasteiger partial charge in [-0.1, -0.05) is 0 Å². The maximum Gasteiger partial charge on any atom is 0.257 e. The molecule has 7 nitrogen and oxygen atoms in total. The third kappa shape index (κ3) is 3.30. The predicted molar refractivity (Wildman–Crippen MR) is 88.8 cm³/mol. The highest BCUT2D eigenvalue weighted by Crippen LogP contribution is 2.20. The van der Waals surface area contributed by atoms with Crippen LogP contribution in [-0.2, 0) is 17.6 Å². The first-order valence-corrected chi connectivity index (χ1v) is 7.79. The minimum Gasteiger partial charge on any atom is -0.381 e. The van der Waals surface area contributed by atoms with Crippen LogP contribution < -0.4 is 10.9 Å². The molecule has 3 heterocycles. The molecule has 8 heteroatoms. The first-order chi connectivity index (χ1) is 11.1. The molecule has 0 fully saturated rings. The first kappa shape index (κ1) is 15.8. The van der Waals surface area contributed by atoms with Gasteiger partial charge in [-0.05, 0) is 34.4 Å². The Kier molecular flexibility index (Phi) is 4.50. The average molecular weight is 332 g/mol. The molecular formula is C15H17N4O3P. The summed E-state index contributed by atoms with van der Waals surface area (Å²) in [5, 5.41) is 2.73. The van der Waals surface area contributed by atoms with E-state index in [0.29, 0.717) is 43.3 Å². The lowest BCUT2D eigenvalue weighted by atomic mass is 10.0. The van der Waals surface area contributed by atoms with Gasteiger partial charge < -0.3 is 10.1 Å². The number of aryl methyl sites for hydroxylation is 1. The van der Waals surface area contributed by atoms with Crippen molar-refractivity contribution in [2.45, 2.75) is 19.8 Å². The monoisotopic (exact) mass is 332 g/mol. The van der Waals surface area contributed by atoms with Crippen LogP contribution in [0, 0.1) is 6.92 Å². The summed E-state index contributed by atoms with van der Waals surface area (Å²) < 4.78 is 6.97. The maximum atomic E-state index is 12.6. The summed E-state index contributed by atoms with van der Waals surface area (Å²) >= 11 is 0. The summed E-state index contributed by atoms with van der Waals surface area (Å²) in [5.41, 5.74) is 1.81. The molecule has 0 saturated carbocycles. The van der Waals surface area contributed by atoms with Gasteiger partial charge in [0, 0.05) is 24.4 Å². The van der Waals surface area contributed by atoms with Crippen molar-refractivity contribution in [2.75, 3.05) is 18.5 Å². The van der Waals surface area contributed by atoms with Crippen LogP contribution in [0.5, 0.6) is 0 Å². The highest BCUT2D eigenvalue weighted by Gasteiger charge is 2.21. The molecule has 0 aliphatic carbocycles. The lowest BCUT2D eigenvalue weighted by Gasteiger charge is -2.15. The lowest BCUT2D eigenvalue weighted by Crippen LogP contribution is -2.25. The number of hydrogen-bond acceptors (Lipinski definition) is 5. The van der Waals surface area contributed by atoms with E-state index in [4.69, 9.17) is 4.74 Å². The number of carbonyl (C=O) groups excluding carboxylic acids is 1. The predicted octanol–water partition coefficient (Wildman–Crippen LogP) is 0.952. The summed E-state index contributed by atoms with van der Waals surface area (Å²) in [6, 6.07) is 2.98. The molecule has 0 saturated heterocycles. The van der Waals surface area contributed by atoms with Crippen LogP contribution in [-0.4, -0.2) is 33.4 Å². The molecule has 1 aliphatic rings. The first-order valence-electron chi connectivity index (χ1n) is 7.28. The molecule has 3 rings (SSSR count). The number of hydrogen-bond donors (Lipinski definition) is 1. The number of aromatic nitrogens is 3. The van der Waals surface area contributed by atoms with E-state index in [2.05, 4.69) is 24.7 Å². The van der Waals surface area contributed by atoms with E-state index >= 15 is 0 Å². The smallest absolute Gasteiger partial charge is 0.257 e. The maximum absolute atomic E-state index is 12.6. The van der Waals surface area contributed by atoms with Crippen LogP contribution in [0.15, 0.2) is 23.1 Å². The molecule has 0 bridgehead atoms. The van der Waals surface area contributed by atoms with Gasteiger partial charge in [0.05, 0.1) is 18.8 Å². The molecule has 1 amide bonds. The Balaban J connectivity index is 2.00. The molecule has 1 aliphatic heterocycles. The van der Waals surface area contributed by atoms with E-state index in [1.54, 1.807) is 19.2 Å². The molecule has 0 spiro atoms. The molecule has 1 unspecified atom stereocenters. The molecule has 0 aromatic carbocycles. The molecule has 120 valence electrons. The van der Waals surface area contributed by atoms with Gasteiger partial charge in [-0.15, -0.1) is 0 Å². The number of pyridine rings is 1. The van der Waals surface area contributed by atoms with Crippen molar-refractivity contribution in [3.63, 3.8) is 0 Å².